The van der Waals surface area contributed by atoms with Crippen LogP contribution >= 0.6 is 0 Å². The van der Waals surface area contributed by atoms with Gasteiger partial charge in [-0.15, -0.1) is 0 Å². The first kappa shape index (κ1) is 12.1. The summed E-state index contributed by atoms with van der Waals surface area (Å²) in [5.41, 5.74) is 1.18. The molecular weight excluding hydrogens is 188 g/mol. The lowest BCUT2D eigenvalue weighted by Gasteiger charge is -2.29. The smallest absolute Gasteiger partial charge is 0.0589 e. The molecule has 0 radical (unpaired) electrons. The fraction of sp³-hybridized carbons (Fsp3) is 0.583. The molecule has 1 aromatic rings. The number of pyridine rings is 1. The maximum atomic E-state index is 9.29. The Balaban J connectivity index is 2.58. The molecule has 1 heterocycles. The number of aliphatic hydroxyl groups excluding tert-OH is 1. The molecule has 0 fully saturated rings. The normalized spacial score (nSPS) is 13.5. The van der Waals surface area contributed by atoms with Crippen LogP contribution in [-0.2, 0) is 6.54 Å². The summed E-state index contributed by atoms with van der Waals surface area (Å²) in [6.45, 7) is 5.28. The molecule has 1 atom stereocenters. The quantitative estimate of drug-likeness (QED) is 0.797. The van der Waals surface area contributed by atoms with Crippen LogP contribution in [0.1, 0.15) is 19.4 Å². The Hall–Kier alpha value is -0.930. The van der Waals surface area contributed by atoms with Crippen LogP contribution in [0.25, 0.3) is 0 Å². The molecule has 3 heteroatoms. The maximum Gasteiger partial charge on any atom is 0.0589 e. The van der Waals surface area contributed by atoms with Crippen molar-refractivity contribution in [2.24, 2.45) is 5.92 Å². The molecular formula is C12H20N2O. The third kappa shape index (κ3) is 3.61. The summed E-state index contributed by atoms with van der Waals surface area (Å²) < 4.78 is 0. The third-order valence-corrected chi connectivity index (χ3v) is 2.68. The number of likely N-dealkylation sites (N-methyl/N-ethyl adjacent to an activating group) is 1. The Bertz CT molecular complexity index is 274. The second-order valence-corrected chi connectivity index (χ2v) is 4.27. The molecule has 1 N–H and O–H groups in total. The highest BCUT2D eigenvalue weighted by Gasteiger charge is 2.17. The number of nitrogens with zero attached hydrogens (tertiary/aromatic N) is 2. The zero-order chi connectivity index (χ0) is 11.3. The first-order valence-electron chi connectivity index (χ1n) is 5.35. The van der Waals surface area contributed by atoms with Gasteiger partial charge in [-0.3, -0.25) is 9.88 Å². The van der Waals surface area contributed by atoms with Crippen LogP contribution in [0.5, 0.6) is 0 Å². The molecule has 0 saturated carbocycles. The molecule has 0 amide bonds. The fourth-order valence-corrected chi connectivity index (χ4v) is 1.76. The highest BCUT2D eigenvalue weighted by Crippen LogP contribution is 2.11. The highest BCUT2D eigenvalue weighted by atomic mass is 16.3. The van der Waals surface area contributed by atoms with Gasteiger partial charge in [-0.05, 0) is 24.6 Å². The van der Waals surface area contributed by atoms with Gasteiger partial charge in [-0.1, -0.05) is 19.9 Å². The molecule has 1 unspecified atom stereocenters. The van der Waals surface area contributed by atoms with Gasteiger partial charge in [0.15, 0.2) is 0 Å². The zero-order valence-electron chi connectivity index (χ0n) is 9.72. The molecule has 15 heavy (non-hydrogen) atoms. The average Bonchev–Trinajstić information content (AvgIpc) is 2.19. The van der Waals surface area contributed by atoms with Crippen molar-refractivity contribution in [2.75, 3.05) is 13.7 Å². The lowest BCUT2D eigenvalue weighted by molar-refractivity contribution is 0.108. The molecule has 1 aromatic heterocycles. The Labute approximate surface area is 91.8 Å². The van der Waals surface area contributed by atoms with Crippen molar-refractivity contribution in [1.82, 2.24) is 9.88 Å². The highest BCUT2D eigenvalue weighted by molar-refractivity contribution is 5.08. The van der Waals surface area contributed by atoms with Gasteiger partial charge in [0.05, 0.1) is 6.61 Å². The molecule has 1 rings (SSSR count). The van der Waals surface area contributed by atoms with E-state index in [2.05, 4.69) is 29.8 Å². The van der Waals surface area contributed by atoms with Crippen LogP contribution in [0, 0.1) is 5.92 Å². The van der Waals surface area contributed by atoms with E-state index in [0.29, 0.717) is 5.92 Å². The standard InChI is InChI=1S/C12H20N2O/c1-10(2)12(9-15)14(3)8-11-5-4-6-13-7-11/h4-7,10,12,15H,8-9H2,1-3H3. The number of aliphatic hydroxyl groups is 1. The SMILES string of the molecule is CC(C)C(CO)N(C)Cc1cccnc1. The van der Waals surface area contributed by atoms with Crippen molar-refractivity contribution < 1.29 is 5.11 Å². The van der Waals surface area contributed by atoms with Crippen molar-refractivity contribution in [3.8, 4) is 0 Å². The monoisotopic (exact) mass is 208 g/mol. The van der Waals surface area contributed by atoms with E-state index in [1.54, 1.807) is 6.20 Å². The fourth-order valence-electron chi connectivity index (χ4n) is 1.76. The van der Waals surface area contributed by atoms with Gasteiger partial charge < -0.3 is 5.11 Å². The molecule has 0 aromatic carbocycles. The van der Waals surface area contributed by atoms with Crippen LogP contribution in [-0.4, -0.2) is 34.7 Å². The number of hydrogen-bond acceptors (Lipinski definition) is 3. The van der Waals surface area contributed by atoms with Gasteiger partial charge in [0.25, 0.3) is 0 Å². The van der Waals surface area contributed by atoms with E-state index in [-0.39, 0.29) is 12.6 Å². The average molecular weight is 208 g/mol. The van der Waals surface area contributed by atoms with Crippen molar-refractivity contribution in [3.63, 3.8) is 0 Å². The summed E-state index contributed by atoms with van der Waals surface area (Å²) in [7, 11) is 2.04. The van der Waals surface area contributed by atoms with Gasteiger partial charge in [0.2, 0.25) is 0 Å². The first-order valence-corrected chi connectivity index (χ1v) is 5.35. The number of hydrogen-bond donors (Lipinski definition) is 1. The Morgan fingerprint density at radius 3 is 2.67 bits per heavy atom. The third-order valence-electron chi connectivity index (χ3n) is 2.68. The van der Waals surface area contributed by atoms with Crippen molar-refractivity contribution in [3.05, 3.63) is 30.1 Å². The molecule has 84 valence electrons. The minimum Gasteiger partial charge on any atom is -0.395 e. The van der Waals surface area contributed by atoms with Crippen LogP contribution in [0.3, 0.4) is 0 Å². The minimum absolute atomic E-state index is 0.203. The van der Waals surface area contributed by atoms with E-state index in [0.717, 1.165) is 6.54 Å². The first-order chi connectivity index (χ1) is 7.15. The molecule has 0 aliphatic heterocycles. The molecule has 3 nitrogen and oxygen atoms in total. The topological polar surface area (TPSA) is 36.4 Å². The Kier molecular flexibility index (Phi) is 4.72. The number of rotatable bonds is 5. The van der Waals surface area contributed by atoms with E-state index in [1.165, 1.54) is 5.56 Å². The van der Waals surface area contributed by atoms with Gasteiger partial charge in [-0.2, -0.15) is 0 Å². The lowest BCUT2D eigenvalue weighted by atomic mass is 10.0. The minimum atomic E-state index is 0.203. The molecule has 0 bridgehead atoms. The van der Waals surface area contributed by atoms with E-state index in [9.17, 15) is 5.11 Å². The Morgan fingerprint density at radius 2 is 2.20 bits per heavy atom. The van der Waals surface area contributed by atoms with E-state index in [4.69, 9.17) is 0 Å². The van der Waals surface area contributed by atoms with Crippen LogP contribution in [0.15, 0.2) is 24.5 Å². The second kappa shape index (κ2) is 5.83. The van der Waals surface area contributed by atoms with Crippen LogP contribution < -0.4 is 0 Å². The maximum absolute atomic E-state index is 9.29. The summed E-state index contributed by atoms with van der Waals surface area (Å²) in [4.78, 5) is 6.25. The van der Waals surface area contributed by atoms with Gasteiger partial charge in [0.1, 0.15) is 0 Å². The van der Waals surface area contributed by atoms with Crippen LogP contribution in [0.4, 0.5) is 0 Å². The van der Waals surface area contributed by atoms with Crippen molar-refractivity contribution >= 4 is 0 Å². The summed E-state index contributed by atoms with van der Waals surface area (Å²) in [5, 5.41) is 9.29. The second-order valence-electron chi connectivity index (χ2n) is 4.27. The van der Waals surface area contributed by atoms with Gasteiger partial charge in [0, 0.05) is 25.0 Å². The predicted molar refractivity (Wildman–Crippen MR) is 61.4 cm³/mol. The van der Waals surface area contributed by atoms with E-state index >= 15 is 0 Å². The van der Waals surface area contributed by atoms with Gasteiger partial charge in [-0.25, -0.2) is 0 Å². The molecule has 0 spiro atoms. The zero-order valence-corrected chi connectivity index (χ0v) is 9.72. The summed E-state index contributed by atoms with van der Waals surface area (Å²) in [6.07, 6.45) is 3.64. The van der Waals surface area contributed by atoms with Crippen molar-refractivity contribution in [1.29, 1.82) is 0 Å². The molecule has 0 aliphatic carbocycles. The molecule has 0 aliphatic rings. The van der Waals surface area contributed by atoms with Crippen LogP contribution in [0.2, 0.25) is 0 Å². The largest absolute Gasteiger partial charge is 0.395 e. The predicted octanol–water partition coefficient (Wildman–Crippen LogP) is 1.53. The lowest BCUT2D eigenvalue weighted by Crippen LogP contribution is -2.38. The summed E-state index contributed by atoms with van der Waals surface area (Å²) in [5.74, 6) is 0.455. The van der Waals surface area contributed by atoms with E-state index in [1.807, 2.05) is 19.3 Å². The summed E-state index contributed by atoms with van der Waals surface area (Å²) >= 11 is 0. The Morgan fingerprint density at radius 1 is 1.47 bits per heavy atom. The van der Waals surface area contributed by atoms with Crippen molar-refractivity contribution in [2.45, 2.75) is 26.4 Å². The molecule has 0 saturated heterocycles. The van der Waals surface area contributed by atoms with Gasteiger partial charge >= 0.3 is 0 Å². The summed E-state index contributed by atoms with van der Waals surface area (Å²) in [6, 6.07) is 4.20. The number of aromatic nitrogens is 1. The van der Waals surface area contributed by atoms with E-state index < -0.39 is 0 Å².